The van der Waals surface area contributed by atoms with Crippen molar-refractivity contribution >= 4 is 0 Å². The first kappa shape index (κ1) is 42.1. The van der Waals surface area contributed by atoms with Crippen molar-refractivity contribution in [1.82, 2.24) is 0 Å². The van der Waals surface area contributed by atoms with Crippen molar-refractivity contribution in [1.29, 1.82) is 0 Å². The van der Waals surface area contributed by atoms with Crippen LogP contribution in [0.5, 0.6) is 0 Å². The Kier molecular flexibility index (Phi) is 26.7. The van der Waals surface area contributed by atoms with Gasteiger partial charge in [-0.1, -0.05) is 166 Å². The minimum Gasteiger partial charge on any atom is -0.371 e. The third-order valence-electron chi connectivity index (χ3n) is 11.2. The van der Waals surface area contributed by atoms with E-state index >= 15 is 0 Å². The minimum atomic E-state index is 0.209. The molecule has 1 saturated heterocycles. The van der Waals surface area contributed by atoms with E-state index in [1.165, 1.54) is 186 Å². The molecule has 2 rings (SSSR count). The van der Waals surface area contributed by atoms with Crippen LogP contribution in [0.4, 0.5) is 0 Å². The first-order chi connectivity index (χ1) is 23.2. The predicted molar refractivity (Wildman–Crippen MR) is 211 cm³/mol. The van der Waals surface area contributed by atoms with Crippen molar-refractivity contribution in [2.75, 3.05) is 0 Å². The average Bonchev–Trinajstić information content (AvgIpc) is 3.34. The molecule has 0 spiro atoms. The van der Waals surface area contributed by atoms with Crippen LogP contribution in [0.1, 0.15) is 220 Å². The Labute approximate surface area is 296 Å². The number of rotatable bonds is 30. The number of fused-ring (bicyclic) bond motifs is 1. The molecule has 2 aliphatic rings. The van der Waals surface area contributed by atoms with E-state index < -0.39 is 0 Å². The fourth-order valence-corrected chi connectivity index (χ4v) is 8.07. The second-order valence-electron chi connectivity index (χ2n) is 15.7. The molecule has 272 valence electrons. The van der Waals surface area contributed by atoms with E-state index in [1.54, 1.807) is 0 Å². The molecule has 1 aliphatic heterocycles. The van der Waals surface area contributed by atoms with E-state index in [0.717, 1.165) is 24.7 Å². The van der Waals surface area contributed by atoms with Crippen LogP contribution in [0.2, 0.25) is 0 Å². The summed E-state index contributed by atoms with van der Waals surface area (Å²) >= 11 is 0. The SMILES string of the molecule is CCCCC/C=C\C/C=C\CCCCCCCCC1(CCCCCCCC/C=C\C/C=C\CCCCC)C[C@@H]2CCC(C)CCC2O1. The number of allylic oxidation sites excluding steroid dienone is 8. The van der Waals surface area contributed by atoms with E-state index in [0.29, 0.717) is 6.10 Å². The largest absolute Gasteiger partial charge is 0.371 e. The molecule has 0 aromatic carbocycles. The summed E-state index contributed by atoms with van der Waals surface area (Å²) in [5, 5.41) is 0. The lowest BCUT2D eigenvalue weighted by Gasteiger charge is -2.30. The third kappa shape index (κ3) is 22.3. The molecule has 0 radical (unpaired) electrons. The zero-order valence-electron chi connectivity index (χ0n) is 32.2. The first-order valence-electron chi connectivity index (χ1n) is 21.5. The summed E-state index contributed by atoms with van der Waals surface area (Å²) in [7, 11) is 0. The number of hydrogen-bond acceptors (Lipinski definition) is 1. The highest BCUT2D eigenvalue weighted by Crippen LogP contribution is 2.47. The van der Waals surface area contributed by atoms with Crippen molar-refractivity contribution in [3.8, 4) is 0 Å². The molecule has 47 heavy (non-hydrogen) atoms. The van der Waals surface area contributed by atoms with Gasteiger partial charge in [-0.3, -0.25) is 0 Å². The van der Waals surface area contributed by atoms with Crippen LogP contribution in [-0.2, 0) is 4.74 Å². The van der Waals surface area contributed by atoms with Gasteiger partial charge in [0.05, 0.1) is 11.7 Å². The highest BCUT2D eigenvalue weighted by Gasteiger charge is 2.45. The number of unbranched alkanes of at least 4 members (excludes halogenated alkanes) is 18. The average molecular weight is 651 g/mol. The summed E-state index contributed by atoms with van der Waals surface area (Å²) in [5.41, 5.74) is 0.209. The minimum absolute atomic E-state index is 0.209. The van der Waals surface area contributed by atoms with Gasteiger partial charge < -0.3 is 4.74 Å². The molecule has 2 unspecified atom stereocenters. The molecule has 0 bridgehead atoms. The molecule has 1 nitrogen and oxygen atoms in total. The summed E-state index contributed by atoms with van der Waals surface area (Å²) in [6, 6.07) is 0. The maximum Gasteiger partial charge on any atom is 0.0690 e. The Balaban J connectivity index is 1.56. The maximum atomic E-state index is 7.11. The number of ether oxygens (including phenoxy) is 1. The fraction of sp³-hybridized carbons (Fsp3) is 0.826. The van der Waals surface area contributed by atoms with Gasteiger partial charge >= 0.3 is 0 Å². The van der Waals surface area contributed by atoms with Crippen LogP contribution < -0.4 is 0 Å². The van der Waals surface area contributed by atoms with Crippen LogP contribution in [0.3, 0.4) is 0 Å². The van der Waals surface area contributed by atoms with Gasteiger partial charge in [-0.05, 0) is 115 Å². The molecule has 3 atom stereocenters. The summed E-state index contributed by atoms with van der Waals surface area (Å²) < 4.78 is 7.11. The highest BCUT2D eigenvalue weighted by atomic mass is 16.5. The topological polar surface area (TPSA) is 9.23 Å². The molecule has 0 N–H and O–H groups in total. The number of hydrogen-bond donors (Lipinski definition) is 0. The van der Waals surface area contributed by atoms with E-state index in [2.05, 4.69) is 69.4 Å². The molecule has 0 amide bonds. The monoisotopic (exact) mass is 651 g/mol. The summed E-state index contributed by atoms with van der Waals surface area (Å²) in [6.07, 6.45) is 61.2. The van der Waals surface area contributed by atoms with Gasteiger partial charge in [-0.2, -0.15) is 0 Å². The summed E-state index contributed by atoms with van der Waals surface area (Å²) in [4.78, 5) is 0. The summed E-state index contributed by atoms with van der Waals surface area (Å²) in [6.45, 7) is 7.02. The van der Waals surface area contributed by atoms with Crippen LogP contribution in [0, 0.1) is 11.8 Å². The lowest BCUT2D eigenvalue weighted by molar-refractivity contribution is -0.0608. The fourth-order valence-electron chi connectivity index (χ4n) is 8.07. The van der Waals surface area contributed by atoms with Gasteiger partial charge in [0, 0.05) is 0 Å². The molecule has 0 aromatic heterocycles. The second-order valence-corrected chi connectivity index (χ2v) is 15.7. The molecular formula is C46H82O. The van der Waals surface area contributed by atoms with E-state index in [4.69, 9.17) is 4.74 Å². The van der Waals surface area contributed by atoms with E-state index in [9.17, 15) is 0 Å². The lowest BCUT2D eigenvalue weighted by Crippen LogP contribution is -2.29. The lowest BCUT2D eigenvalue weighted by atomic mass is 9.82. The highest BCUT2D eigenvalue weighted by molar-refractivity contribution is 4.96. The zero-order valence-corrected chi connectivity index (χ0v) is 32.2. The standard InChI is InChI=1S/C46H82O/c1-4-6-8-10-12-14-16-18-20-22-24-26-28-30-32-34-40-46(42-44-38-36-43(3)37-39-45(44)47-46)41-35-33-31-29-27-25-23-21-19-17-15-13-11-9-7-5-2/h12-15,18-21,43-45H,4-11,16-17,22-42H2,1-3H3/b14-12-,15-13-,20-18-,21-19-/t43?,44-,45?/m0/s1. The molecule has 1 aliphatic carbocycles. The Morgan fingerprint density at radius 3 is 1.34 bits per heavy atom. The molecule has 1 heterocycles. The molecular weight excluding hydrogens is 569 g/mol. The van der Waals surface area contributed by atoms with Crippen molar-refractivity contribution in [3.05, 3.63) is 48.6 Å². The van der Waals surface area contributed by atoms with Crippen LogP contribution in [0.15, 0.2) is 48.6 Å². The van der Waals surface area contributed by atoms with Gasteiger partial charge in [0.15, 0.2) is 0 Å². The molecule has 1 heteroatoms. The maximum absolute atomic E-state index is 7.11. The smallest absolute Gasteiger partial charge is 0.0690 e. The quantitative estimate of drug-likeness (QED) is 0.0555. The Morgan fingerprint density at radius 2 is 0.872 bits per heavy atom. The van der Waals surface area contributed by atoms with E-state index in [-0.39, 0.29) is 5.60 Å². The van der Waals surface area contributed by atoms with Crippen LogP contribution in [0.25, 0.3) is 0 Å². The third-order valence-corrected chi connectivity index (χ3v) is 11.2. The van der Waals surface area contributed by atoms with Crippen LogP contribution in [-0.4, -0.2) is 11.7 Å². The van der Waals surface area contributed by atoms with Crippen LogP contribution >= 0.6 is 0 Å². The van der Waals surface area contributed by atoms with Gasteiger partial charge in [-0.25, -0.2) is 0 Å². The van der Waals surface area contributed by atoms with Gasteiger partial charge in [0.25, 0.3) is 0 Å². The van der Waals surface area contributed by atoms with Gasteiger partial charge in [0.2, 0.25) is 0 Å². The van der Waals surface area contributed by atoms with E-state index in [1.807, 2.05) is 0 Å². The van der Waals surface area contributed by atoms with Crippen molar-refractivity contribution in [2.24, 2.45) is 11.8 Å². The Bertz CT molecular complexity index is 736. The van der Waals surface area contributed by atoms with Crippen molar-refractivity contribution < 1.29 is 4.74 Å². The van der Waals surface area contributed by atoms with Gasteiger partial charge in [-0.15, -0.1) is 0 Å². The normalized spacial score (nSPS) is 21.6. The summed E-state index contributed by atoms with van der Waals surface area (Å²) in [5.74, 6) is 1.74. The molecule has 0 aromatic rings. The Hall–Kier alpha value is -1.08. The zero-order chi connectivity index (χ0) is 33.5. The second kappa shape index (κ2) is 29.8. The predicted octanol–water partition coefficient (Wildman–Crippen LogP) is 15.7. The first-order valence-corrected chi connectivity index (χ1v) is 21.5. The van der Waals surface area contributed by atoms with Crippen molar-refractivity contribution in [3.63, 3.8) is 0 Å². The van der Waals surface area contributed by atoms with Gasteiger partial charge in [0.1, 0.15) is 0 Å². The molecule has 1 saturated carbocycles. The molecule has 2 fully saturated rings. The Morgan fingerprint density at radius 1 is 0.468 bits per heavy atom. The van der Waals surface area contributed by atoms with Crippen molar-refractivity contribution in [2.45, 2.75) is 232 Å².